The van der Waals surface area contributed by atoms with Crippen molar-refractivity contribution in [1.82, 2.24) is 0 Å². The second-order valence-corrected chi connectivity index (χ2v) is 9.79. The Bertz CT molecular complexity index is 1170. The molecule has 0 unspecified atom stereocenters. The molecular formula is C26H30O13. The van der Waals surface area contributed by atoms with Crippen LogP contribution in [0.5, 0.6) is 17.2 Å². The molecule has 3 aliphatic rings. The van der Waals surface area contributed by atoms with Gasteiger partial charge in [-0.05, 0) is 29.8 Å². The number of carbonyl (C=O) groups excluding carboxylic acids is 1. The van der Waals surface area contributed by atoms with Crippen molar-refractivity contribution in [3.8, 4) is 17.2 Å². The maximum absolute atomic E-state index is 12.5. The van der Waals surface area contributed by atoms with E-state index in [2.05, 4.69) is 0 Å². The monoisotopic (exact) mass is 550 g/mol. The molecule has 7 N–H and O–H groups in total. The van der Waals surface area contributed by atoms with Gasteiger partial charge in [-0.25, -0.2) is 0 Å². The SMILES string of the molecule is O=C1C[C@H](c2ccc(O[C@@H]3O[C@@H](CO)[C@@H](O)[C@@H](O)[C@H]3O[C@H]3OC[C@@](O)(CO)[C@H]3O)cc2)Oc2cc(O)ccc21. The number of ketones is 1. The van der Waals surface area contributed by atoms with E-state index in [9.17, 15) is 40.5 Å². The molecule has 39 heavy (non-hydrogen) atoms. The van der Waals surface area contributed by atoms with Crippen LogP contribution in [-0.4, -0.2) is 110 Å². The molecule has 3 aliphatic heterocycles. The van der Waals surface area contributed by atoms with Gasteiger partial charge in [0.05, 0.1) is 31.8 Å². The molecule has 13 heteroatoms. The first-order valence-corrected chi connectivity index (χ1v) is 12.3. The third kappa shape index (κ3) is 5.33. The van der Waals surface area contributed by atoms with Crippen LogP contribution < -0.4 is 9.47 Å². The minimum absolute atomic E-state index is 0.0275. The van der Waals surface area contributed by atoms with Crippen molar-refractivity contribution in [2.75, 3.05) is 19.8 Å². The number of benzene rings is 2. The van der Waals surface area contributed by atoms with E-state index in [1.165, 1.54) is 18.2 Å². The van der Waals surface area contributed by atoms with E-state index >= 15 is 0 Å². The lowest BCUT2D eigenvalue weighted by Crippen LogP contribution is -2.62. The van der Waals surface area contributed by atoms with Crippen molar-refractivity contribution in [3.05, 3.63) is 53.6 Å². The summed E-state index contributed by atoms with van der Waals surface area (Å²) >= 11 is 0. The maximum atomic E-state index is 12.5. The molecule has 2 saturated heterocycles. The first kappa shape index (κ1) is 27.7. The molecule has 0 saturated carbocycles. The largest absolute Gasteiger partial charge is 0.508 e. The minimum Gasteiger partial charge on any atom is -0.508 e. The smallest absolute Gasteiger partial charge is 0.229 e. The van der Waals surface area contributed by atoms with E-state index in [4.69, 9.17) is 23.7 Å². The number of fused-ring (bicyclic) bond motifs is 1. The normalized spacial score (nSPS) is 36.3. The molecular weight excluding hydrogens is 520 g/mol. The third-order valence-electron chi connectivity index (χ3n) is 7.11. The molecule has 13 nitrogen and oxygen atoms in total. The van der Waals surface area contributed by atoms with Crippen molar-refractivity contribution in [2.24, 2.45) is 0 Å². The Kier molecular flexibility index (Phi) is 7.79. The highest BCUT2D eigenvalue weighted by Crippen LogP contribution is 2.38. The Labute approximate surface area is 222 Å². The summed E-state index contributed by atoms with van der Waals surface area (Å²) in [7, 11) is 0. The molecule has 5 rings (SSSR count). The summed E-state index contributed by atoms with van der Waals surface area (Å²) < 4.78 is 28.3. The molecule has 0 radical (unpaired) electrons. The Morgan fingerprint density at radius 1 is 1.00 bits per heavy atom. The van der Waals surface area contributed by atoms with Crippen molar-refractivity contribution < 1.29 is 64.2 Å². The van der Waals surface area contributed by atoms with E-state index in [0.29, 0.717) is 11.1 Å². The van der Waals surface area contributed by atoms with E-state index in [0.717, 1.165) is 0 Å². The Hall–Kier alpha value is -2.85. The summed E-state index contributed by atoms with van der Waals surface area (Å²) in [5.41, 5.74) is -0.945. The van der Waals surface area contributed by atoms with Gasteiger partial charge in [0.15, 0.2) is 18.2 Å². The fraction of sp³-hybridized carbons (Fsp3) is 0.500. The number of hydrogen-bond acceptors (Lipinski definition) is 13. The van der Waals surface area contributed by atoms with Crippen LogP contribution in [0.3, 0.4) is 0 Å². The van der Waals surface area contributed by atoms with Crippen LogP contribution in [0.4, 0.5) is 0 Å². The number of aliphatic hydroxyl groups is 6. The summed E-state index contributed by atoms with van der Waals surface area (Å²) in [6.07, 6.45) is -10.9. The van der Waals surface area contributed by atoms with Gasteiger partial charge in [-0.15, -0.1) is 0 Å². The fourth-order valence-electron chi connectivity index (χ4n) is 4.75. The van der Waals surface area contributed by atoms with Crippen molar-refractivity contribution >= 4 is 5.78 Å². The number of aromatic hydroxyl groups is 1. The molecule has 0 bridgehead atoms. The highest BCUT2D eigenvalue weighted by Gasteiger charge is 2.53. The predicted molar refractivity (Wildman–Crippen MR) is 128 cm³/mol. The van der Waals surface area contributed by atoms with Crippen LogP contribution in [0.15, 0.2) is 42.5 Å². The summed E-state index contributed by atoms with van der Waals surface area (Å²) in [6, 6.07) is 10.7. The topological polar surface area (TPSA) is 205 Å². The van der Waals surface area contributed by atoms with Crippen LogP contribution in [0, 0.1) is 0 Å². The Morgan fingerprint density at radius 2 is 1.74 bits per heavy atom. The standard InChI is InChI=1S/C26H30O13/c27-9-19-20(31)21(32)22(39-25-23(33)26(34,10-28)11-35-25)24(38-19)36-14-4-1-12(2-5-14)17-8-16(30)15-6-3-13(29)7-18(15)37-17/h1-7,17,19-25,27-29,31-34H,8-11H2/t17-,19+,20-,21-,22-,23+,24-,25-,26+/m1/s1. The van der Waals surface area contributed by atoms with E-state index in [1.807, 2.05) is 0 Å². The number of aliphatic hydroxyl groups excluding tert-OH is 5. The molecule has 3 heterocycles. The van der Waals surface area contributed by atoms with E-state index in [1.54, 1.807) is 24.3 Å². The summed E-state index contributed by atoms with van der Waals surface area (Å²) in [5.74, 6) is 0.348. The van der Waals surface area contributed by atoms with Gasteiger partial charge in [0.2, 0.25) is 6.29 Å². The number of ether oxygens (including phenoxy) is 5. The molecule has 0 spiro atoms. The van der Waals surface area contributed by atoms with Crippen LogP contribution in [0.1, 0.15) is 28.4 Å². The lowest BCUT2D eigenvalue weighted by atomic mass is 9.96. The molecule has 2 aromatic rings. The van der Waals surface area contributed by atoms with Crippen molar-refractivity contribution in [3.63, 3.8) is 0 Å². The summed E-state index contributed by atoms with van der Waals surface area (Å²) in [6.45, 7) is -1.88. The molecule has 212 valence electrons. The molecule has 2 fully saturated rings. The van der Waals surface area contributed by atoms with Gasteiger partial charge < -0.3 is 59.4 Å². The minimum atomic E-state index is -1.98. The van der Waals surface area contributed by atoms with Gasteiger partial charge >= 0.3 is 0 Å². The van der Waals surface area contributed by atoms with E-state index < -0.39 is 74.6 Å². The van der Waals surface area contributed by atoms with Crippen LogP contribution in [0.25, 0.3) is 0 Å². The summed E-state index contributed by atoms with van der Waals surface area (Å²) in [5, 5.41) is 70.3. The van der Waals surface area contributed by atoms with Crippen LogP contribution >= 0.6 is 0 Å². The second-order valence-electron chi connectivity index (χ2n) is 9.79. The molecule has 0 amide bonds. The van der Waals surface area contributed by atoms with Crippen LogP contribution in [-0.2, 0) is 14.2 Å². The van der Waals surface area contributed by atoms with Gasteiger partial charge in [0, 0.05) is 6.07 Å². The number of phenolic OH excluding ortho intramolecular Hbond substituents is 1. The first-order chi connectivity index (χ1) is 18.6. The van der Waals surface area contributed by atoms with Gasteiger partial charge in [-0.2, -0.15) is 0 Å². The highest BCUT2D eigenvalue weighted by molar-refractivity contribution is 6.00. The predicted octanol–water partition coefficient (Wildman–Crippen LogP) is -1.26. The van der Waals surface area contributed by atoms with Gasteiger partial charge in [-0.3, -0.25) is 4.79 Å². The maximum Gasteiger partial charge on any atom is 0.229 e. The van der Waals surface area contributed by atoms with Crippen LogP contribution in [0.2, 0.25) is 0 Å². The lowest BCUT2D eigenvalue weighted by Gasteiger charge is -2.42. The lowest BCUT2D eigenvalue weighted by molar-refractivity contribution is -0.318. The Morgan fingerprint density at radius 3 is 2.41 bits per heavy atom. The number of rotatable bonds is 7. The average Bonchev–Trinajstić information content (AvgIpc) is 3.21. The first-order valence-electron chi connectivity index (χ1n) is 12.3. The zero-order chi connectivity index (χ0) is 27.9. The molecule has 0 aromatic heterocycles. The fourth-order valence-corrected chi connectivity index (χ4v) is 4.75. The number of carbonyl (C=O) groups is 1. The highest BCUT2D eigenvalue weighted by atomic mass is 16.8. The summed E-state index contributed by atoms with van der Waals surface area (Å²) in [4.78, 5) is 12.5. The molecule has 0 aliphatic carbocycles. The zero-order valence-corrected chi connectivity index (χ0v) is 20.6. The van der Waals surface area contributed by atoms with Gasteiger partial charge in [0.1, 0.15) is 53.4 Å². The number of phenols is 1. The molecule has 2 aromatic carbocycles. The van der Waals surface area contributed by atoms with Gasteiger partial charge in [0.25, 0.3) is 0 Å². The van der Waals surface area contributed by atoms with E-state index in [-0.39, 0.29) is 29.5 Å². The second kappa shape index (κ2) is 11.0. The Balaban J connectivity index is 1.31. The van der Waals surface area contributed by atoms with Gasteiger partial charge in [-0.1, -0.05) is 12.1 Å². The number of Topliss-reactive ketones (excluding diaryl/α,β-unsaturated/α-hetero) is 1. The molecule has 9 atom stereocenters. The average molecular weight is 551 g/mol. The van der Waals surface area contributed by atoms with Crippen molar-refractivity contribution in [1.29, 1.82) is 0 Å². The zero-order valence-electron chi connectivity index (χ0n) is 20.6. The van der Waals surface area contributed by atoms with Crippen molar-refractivity contribution in [2.45, 2.75) is 61.2 Å². The quantitative estimate of drug-likeness (QED) is 0.215. The third-order valence-corrected chi connectivity index (χ3v) is 7.11. The number of hydrogen-bond donors (Lipinski definition) is 7.